The number of carbonyl (C=O) groups is 3. The molecule has 0 atom stereocenters. The Morgan fingerprint density at radius 1 is 0.853 bits per heavy atom. The van der Waals surface area contributed by atoms with Crippen LogP contribution >= 0.6 is 11.6 Å². The lowest BCUT2D eigenvalue weighted by atomic mass is 10.1. The van der Waals surface area contributed by atoms with Crippen LogP contribution < -0.4 is 10.6 Å². The van der Waals surface area contributed by atoms with Gasteiger partial charge in [-0.3, -0.25) is 19.3 Å². The Hall–Kier alpha value is -3.90. The first-order valence-electron chi connectivity index (χ1n) is 11.0. The van der Waals surface area contributed by atoms with Crippen molar-refractivity contribution in [1.29, 1.82) is 0 Å². The second kappa shape index (κ2) is 10.4. The number of rotatable bonds is 8. The van der Waals surface area contributed by atoms with Crippen LogP contribution in [-0.4, -0.2) is 29.2 Å². The van der Waals surface area contributed by atoms with Gasteiger partial charge in [0.25, 0.3) is 17.7 Å². The van der Waals surface area contributed by atoms with E-state index in [2.05, 4.69) is 17.6 Å². The fraction of sp³-hybridized carbons (Fsp3) is 0.148. The summed E-state index contributed by atoms with van der Waals surface area (Å²) in [6.45, 7) is 2.29. The molecule has 3 aromatic carbocycles. The lowest BCUT2D eigenvalue weighted by Crippen LogP contribution is -2.34. The number of anilines is 2. The summed E-state index contributed by atoms with van der Waals surface area (Å²) >= 11 is 6.21. The molecule has 34 heavy (non-hydrogen) atoms. The van der Waals surface area contributed by atoms with Gasteiger partial charge in [0, 0.05) is 23.5 Å². The van der Waals surface area contributed by atoms with Crippen LogP contribution in [0.5, 0.6) is 0 Å². The largest absolute Gasteiger partial charge is 0.350 e. The molecule has 2 N–H and O–H groups in total. The molecular weight excluding hydrogens is 450 g/mol. The van der Waals surface area contributed by atoms with E-state index in [0.717, 1.165) is 16.9 Å². The molecule has 0 bridgehead atoms. The lowest BCUT2D eigenvalue weighted by Gasteiger charge is -2.15. The first kappa shape index (κ1) is 23.3. The number of benzene rings is 3. The standard InChI is InChI=1S/C27H24ClN3O3/c1-2-18-11-13-21(14-12-18)30-25(32)20-9-6-10-22(17-20)29-24-23(28)26(33)31(27(24)34)16-15-19-7-4-3-5-8-19/h3-14,17,29H,2,15-16H2,1H3,(H,30,32). The van der Waals surface area contributed by atoms with E-state index in [4.69, 9.17) is 11.6 Å². The summed E-state index contributed by atoms with van der Waals surface area (Å²) < 4.78 is 0. The van der Waals surface area contributed by atoms with Crippen LogP contribution in [0.4, 0.5) is 11.4 Å². The van der Waals surface area contributed by atoms with E-state index in [1.54, 1.807) is 24.3 Å². The monoisotopic (exact) mass is 473 g/mol. The zero-order valence-corrected chi connectivity index (χ0v) is 19.4. The average molecular weight is 474 g/mol. The number of aryl methyl sites for hydroxylation is 1. The number of imide groups is 1. The van der Waals surface area contributed by atoms with Crippen LogP contribution in [-0.2, 0) is 22.4 Å². The van der Waals surface area contributed by atoms with Gasteiger partial charge in [-0.25, -0.2) is 0 Å². The molecule has 3 aromatic rings. The van der Waals surface area contributed by atoms with Crippen molar-refractivity contribution in [1.82, 2.24) is 4.90 Å². The maximum absolute atomic E-state index is 12.9. The molecule has 0 saturated heterocycles. The highest BCUT2D eigenvalue weighted by Crippen LogP contribution is 2.26. The lowest BCUT2D eigenvalue weighted by molar-refractivity contribution is -0.137. The van der Waals surface area contributed by atoms with Gasteiger partial charge in [-0.2, -0.15) is 0 Å². The first-order chi connectivity index (χ1) is 16.5. The number of carbonyl (C=O) groups excluding carboxylic acids is 3. The maximum atomic E-state index is 12.9. The molecule has 3 amide bonds. The van der Waals surface area contributed by atoms with Crippen molar-refractivity contribution in [2.24, 2.45) is 0 Å². The molecule has 0 radical (unpaired) electrons. The summed E-state index contributed by atoms with van der Waals surface area (Å²) in [6.07, 6.45) is 1.45. The summed E-state index contributed by atoms with van der Waals surface area (Å²) in [7, 11) is 0. The Kier molecular flexibility index (Phi) is 7.09. The third kappa shape index (κ3) is 5.18. The Morgan fingerprint density at radius 3 is 2.29 bits per heavy atom. The second-order valence-electron chi connectivity index (χ2n) is 7.90. The quantitative estimate of drug-likeness (QED) is 0.452. The SMILES string of the molecule is CCc1ccc(NC(=O)c2cccc(NC3=C(Cl)C(=O)N(CCc4ccccc4)C3=O)c2)cc1. The van der Waals surface area contributed by atoms with Gasteiger partial charge in [-0.15, -0.1) is 0 Å². The smallest absolute Gasteiger partial charge is 0.278 e. The van der Waals surface area contributed by atoms with Gasteiger partial charge in [0.15, 0.2) is 0 Å². The normalized spacial score (nSPS) is 13.4. The molecule has 4 rings (SSSR count). The van der Waals surface area contributed by atoms with E-state index in [1.807, 2.05) is 54.6 Å². The van der Waals surface area contributed by atoms with Crippen molar-refractivity contribution in [2.75, 3.05) is 17.2 Å². The molecule has 0 unspecified atom stereocenters. The summed E-state index contributed by atoms with van der Waals surface area (Å²) in [5.74, 6) is -1.31. The molecule has 1 heterocycles. The van der Waals surface area contributed by atoms with Crippen LogP contribution in [0, 0.1) is 0 Å². The Balaban J connectivity index is 1.43. The van der Waals surface area contributed by atoms with Crippen molar-refractivity contribution in [3.05, 3.63) is 106 Å². The van der Waals surface area contributed by atoms with Crippen molar-refractivity contribution in [3.63, 3.8) is 0 Å². The molecule has 6 nitrogen and oxygen atoms in total. The van der Waals surface area contributed by atoms with Crippen LogP contribution in [0.25, 0.3) is 0 Å². The highest BCUT2D eigenvalue weighted by atomic mass is 35.5. The van der Waals surface area contributed by atoms with E-state index in [9.17, 15) is 14.4 Å². The van der Waals surface area contributed by atoms with E-state index in [1.165, 1.54) is 5.56 Å². The molecule has 0 spiro atoms. The van der Waals surface area contributed by atoms with Crippen LogP contribution in [0.3, 0.4) is 0 Å². The number of nitrogens with one attached hydrogen (secondary N) is 2. The molecule has 1 aliphatic rings. The molecule has 0 saturated carbocycles. The zero-order valence-electron chi connectivity index (χ0n) is 18.7. The van der Waals surface area contributed by atoms with Crippen LogP contribution in [0.1, 0.15) is 28.4 Å². The van der Waals surface area contributed by atoms with Gasteiger partial charge >= 0.3 is 0 Å². The minimum Gasteiger partial charge on any atom is -0.350 e. The van der Waals surface area contributed by atoms with Gasteiger partial charge in [0.1, 0.15) is 10.7 Å². The third-order valence-corrected chi connectivity index (χ3v) is 5.94. The van der Waals surface area contributed by atoms with Crippen molar-refractivity contribution < 1.29 is 14.4 Å². The van der Waals surface area contributed by atoms with Gasteiger partial charge in [-0.1, -0.05) is 67.1 Å². The highest BCUT2D eigenvalue weighted by molar-refractivity contribution is 6.48. The molecule has 172 valence electrons. The van der Waals surface area contributed by atoms with E-state index < -0.39 is 11.8 Å². The summed E-state index contributed by atoms with van der Waals surface area (Å²) in [5.41, 5.74) is 3.78. The summed E-state index contributed by atoms with van der Waals surface area (Å²) in [5, 5.41) is 5.63. The van der Waals surface area contributed by atoms with E-state index in [0.29, 0.717) is 23.4 Å². The first-order valence-corrected chi connectivity index (χ1v) is 11.4. The minimum absolute atomic E-state index is 0.00689. The van der Waals surface area contributed by atoms with Crippen LogP contribution in [0.15, 0.2) is 89.6 Å². The van der Waals surface area contributed by atoms with Crippen molar-refractivity contribution >= 4 is 40.7 Å². The fourth-order valence-corrected chi connectivity index (χ4v) is 3.88. The zero-order chi connectivity index (χ0) is 24.1. The average Bonchev–Trinajstić information content (AvgIpc) is 3.06. The molecule has 0 aromatic heterocycles. The predicted molar refractivity (Wildman–Crippen MR) is 134 cm³/mol. The van der Waals surface area contributed by atoms with Gasteiger partial charge in [0.2, 0.25) is 0 Å². The van der Waals surface area contributed by atoms with Crippen molar-refractivity contribution in [2.45, 2.75) is 19.8 Å². The number of amides is 3. The number of hydrogen-bond donors (Lipinski definition) is 2. The summed E-state index contributed by atoms with van der Waals surface area (Å²) in [6, 6.07) is 23.9. The highest BCUT2D eigenvalue weighted by Gasteiger charge is 2.37. The molecule has 0 aliphatic carbocycles. The number of hydrogen-bond acceptors (Lipinski definition) is 4. The fourth-order valence-electron chi connectivity index (χ4n) is 3.65. The molecule has 0 fully saturated rings. The van der Waals surface area contributed by atoms with Crippen molar-refractivity contribution in [3.8, 4) is 0 Å². The second-order valence-corrected chi connectivity index (χ2v) is 8.27. The van der Waals surface area contributed by atoms with E-state index >= 15 is 0 Å². The van der Waals surface area contributed by atoms with E-state index in [-0.39, 0.29) is 23.2 Å². The predicted octanol–water partition coefficient (Wildman–Crippen LogP) is 4.98. The topological polar surface area (TPSA) is 78.5 Å². The number of nitrogens with zero attached hydrogens (tertiary/aromatic N) is 1. The van der Waals surface area contributed by atoms with Gasteiger partial charge in [0.05, 0.1) is 0 Å². The number of halogens is 1. The molecular formula is C27H24ClN3O3. The van der Waals surface area contributed by atoms with Crippen LogP contribution in [0.2, 0.25) is 0 Å². The summed E-state index contributed by atoms with van der Waals surface area (Å²) in [4.78, 5) is 39.3. The Labute approximate surface area is 203 Å². The third-order valence-electron chi connectivity index (χ3n) is 5.59. The Bertz CT molecular complexity index is 1250. The van der Waals surface area contributed by atoms with Gasteiger partial charge < -0.3 is 10.6 Å². The maximum Gasteiger partial charge on any atom is 0.278 e. The van der Waals surface area contributed by atoms with Gasteiger partial charge in [-0.05, 0) is 54.3 Å². The molecule has 1 aliphatic heterocycles. The minimum atomic E-state index is -0.533. The molecule has 7 heteroatoms. The Morgan fingerprint density at radius 2 is 1.59 bits per heavy atom.